The SMILES string of the molecule is COc1cc(N2CC3(CN(C(=O)OC(C)(C)C)C3)C2)c(OC)cc1Nc1ncc(F)c(-c2cnc3c(ccn3C)c2)n1. The Morgan fingerprint density at radius 2 is 1.76 bits per heavy atom. The number of carbonyl (C=O) groups is 1. The lowest BCUT2D eigenvalue weighted by Gasteiger charge is -2.60. The smallest absolute Gasteiger partial charge is 0.410 e. The minimum atomic E-state index is -0.550. The standard InChI is InChI=1S/C30H34FN7O4/c1-29(2,3)42-28(39)38-16-30(17-38)14-37(15-30)22-11-23(40-5)21(10-24(22)41-6)34-27-33-13-20(31)25(35-27)19-9-18-7-8-36(4)26(18)32-12-19/h7-13H,14-17H2,1-6H3,(H,33,34,35). The van der Waals surface area contributed by atoms with Crippen LogP contribution in [-0.4, -0.2) is 76.5 Å². The summed E-state index contributed by atoms with van der Waals surface area (Å²) in [5, 5.41) is 4.05. The van der Waals surface area contributed by atoms with Crippen molar-refractivity contribution < 1.29 is 23.4 Å². The summed E-state index contributed by atoms with van der Waals surface area (Å²) in [6.07, 6.45) is 4.37. The predicted octanol–water partition coefficient (Wildman–Crippen LogP) is 4.99. The monoisotopic (exact) mass is 575 g/mol. The molecular formula is C30H34FN7O4. The molecule has 0 unspecified atom stereocenters. The van der Waals surface area contributed by atoms with Crippen LogP contribution in [0.5, 0.6) is 11.5 Å². The average molecular weight is 576 g/mol. The lowest BCUT2D eigenvalue weighted by molar-refractivity contribution is -0.0453. The summed E-state index contributed by atoms with van der Waals surface area (Å²) < 4.78 is 33.7. The number of aromatic nitrogens is 4. The Bertz CT molecular complexity index is 1670. The van der Waals surface area contributed by atoms with Gasteiger partial charge < -0.3 is 33.9 Å². The summed E-state index contributed by atoms with van der Waals surface area (Å²) >= 11 is 0. The van der Waals surface area contributed by atoms with Crippen molar-refractivity contribution in [1.29, 1.82) is 0 Å². The fourth-order valence-corrected chi connectivity index (χ4v) is 5.61. The Morgan fingerprint density at radius 1 is 1.02 bits per heavy atom. The number of ether oxygens (including phenoxy) is 3. The summed E-state index contributed by atoms with van der Waals surface area (Å²) in [7, 11) is 5.09. The molecule has 1 amide bonds. The highest BCUT2D eigenvalue weighted by atomic mass is 19.1. The first kappa shape index (κ1) is 27.6. The maximum Gasteiger partial charge on any atom is 0.410 e. The van der Waals surface area contributed by atoms with Crippen LogP contribution in [0.1, 0.15) is 20.8 Å². The normalized spacial score (nSPS) is 15.8. The van der Waals surface area contributed by atoms with Crippen LogP contribution in [0.3, 0.4) is 0 Å². The number of benzene rings is 1. The molecule has 11 nitrogen and oxygen atoms in total. The minimum absolute atomic E-state index is 0.0437. The summed E-state index contributed by atoms with van der Waals surface area (Å²) in [5.74, 6) is 0.841. The number of nitrogens with one attached hydrogen (secondary N) is 1. The van der Waals surface area contributed by atoms with Crippen LogP contribution in [0.4, 0.5) is 26.5 Å². The molecule has 1 N–H and O–H groups in total. The fourth-order valence-electron chi connectivity index (χ4n) is 5.61. The number of methoxy groups -OCH3 is 2. The van der Waals surface area contributed by atoms with Crippen LogP contribution in [0.25, 0.3) is 22.3 Å². The van der Waals surface area contributed by atoms with Crippen LogP contribution in [0.15, 0.2) is 42.9 Å². The second kappa shape index (κ2) is 10.0. The number of likely N-dealkylation sites (tertiary alicyclic amines) is 1. The van der Waals surface area contributed by atoms with Crippen molar-refractivity contribution in [2.75, 3.05) is 50.6 Å². The van der Waals surface area contributed by atoms with Crippen molar-refractivity contribution in [3.8, 4) is 22.8 Å². The molecule has 2 fully saturated rings. The van der Waals surface area contributed by atoms with E-state index in [1.54, 1.807) is 25.3 Å². The number of fused-ring (bicyclic) bond motifs is 1. The van der Waals surface area contributed by atoms with Gasteiger partial charge in [-0.3, -0.25) is 0 Å². The van der Waals surface area contributed by atoms with E-state index >= 15 is 0 Å². The zero-order valence-corrected chi connectivity index (χ0v) is 24.6. The second-order valence-electron chi connectivity index (χ2n) is 12.0. The minimum Gasteiger partial charge on any atom is -0.494 e. The van der Waals surface area contributed by atoms with E-state index in [0.29, 0.717) is 35.8 Å². The summed E-state index contributed by atoms with van der Waals surface area (Å²) in [4.78, 5) is 29.4. The molecule has 5 heterocycles. The number of pyridine rings is 1. The van der Waals surface area contributed by atoms with E-state index in [0.717, 1.165) is 36.0 Å². The highest BCUT2D eigenvalue weighted by molar-refractivity contribution is 5.81. The van der Waals surface area contributed by atoms with Gasteiger partial charge in [-0.2, -0.15) is 0 Å². The van der Waals surface area contributed by atoms with Crippen LogP contribution in [0.2, 0.25) is 0 Å². The van der Waals surface area contributed by atoms with Gasteiger partial charge >= 0.3 is 6.09 Å². The van der Waals surface area contributed by atoms with Gasteiger partial charge in [0.2, 0.25) is 5.95 Å². The molecule has 220 valence electrons. The van der Waals surface area contributed by atoms with Crippen LogP contribution < -0.4 is 19.7 Å². The Hall–Kier alpha value is -4.61. The maximum absolute atomic E-state index is 14.8. The second-order valence-corrected chi connectivity index (χ2v) is 12.0. The van der Waals surface area contributed by atoms with Gasteiger partial charge in [0.25, 0.3) is 0 Å². The third kappa shape index (κ3) is 5.01. The number of carbonyl (C=O) groups excluding carboxylic acids is 1. The average Bonchev–Trinajstić information content (AvgIpc) is 3.27. The quantitative estimate of drug-likeness (QED) is 0.340. The third-order valence-electron chi connectivity index (χ3n) is 7.57. The number of anilines is 3. The molecule has 2 saturated heterocycles. The Labute approximate surface area is 243 Å². The highest BCUT2D eigenvalue weighted by Gasteiger charge is 2.54. The van der Waals surface area contributed by atoms with Crippen molar-refractivity contribution >= 4 is 34.4 Å². The number of aryl methyl sites for hydroxylation is 1. The third-order valence-corrected chi connectivity index (χ3v) is 7.57. The van der Waals surface area contributed by atoms with Gasteiger partial charge in [-0.25, -0.2) is 24.1 Å². The van der Waals surface area contributed by atoms with E-state index in [-0.39, 0.29) is 23.2 Å². The lowest BCUT2D eigenvalue weighted by Crippen LogP contribution is -2.73. The van der Waals surface area contributed by atoms with Crippen LogP contribution >= 0.6 is 0 Å². The van der Waals surface area contributed by atoms with E-state index in [1.807, 2.05) is 62.8 Å². The van der Waals surface area contributed by atoms with Gasteiger partial charge in [-0.15, -0.1) is 0 Å². The van der Waals surface area contributed by atoms with E-state index in [2.05, 4.69) is 25.2 Å². The van der Waals surface area contributed by atoms with E-state index < -0.39 is 11.4 Å². The highest BCUT2D eigenvalue weighted by Crippen LogP contribution is 2.47. The van der Waals surface area contributed by atoms with Crippen molar-refractivity contribution in [1.82, 2.24) is 24.4 Å². The molecule has 4 aromatic rings. The Morgan fingerprint density at radius 3 is 2.45 bits per heavy atom. The molecule has 0 bridgehead atoms. The van der Waals surface area contributed by atoms with Crippen molar-refractivity contribution in [2.24, 2.45) is 12.5 Å². The molecule has 6 rings (SSSR count). The molecule has 0 aliphatic carbocycles. The van der Waals surface area contributed by atoms with Crippen LogP contribution in [0, 0.1) is 11.2 Å². The molecule has 2 aliphatic rings. The van der Waals surface area contributed by atoms with Gasteiger partial charge in [0, 0.05) is 74.1 Å². The zero-order chi connectivity index (χ0) is 29.8. The molecule has 0 atom stereocenters. The number of hydrogen-bond acceptors (Lipinski definition) is 9. The maximum atomic E-state index is 14.8. The lowest BCUT2D eigenvalue weighted by atomic mass is 9.72. The van der Waals surface area contributed by atoms with Gasteiger partial charge in [0.1, 0.15) is 28.4 Å². The largest absolute Gasteiger partial charge is 0.494 e. The molecule has 3 aromatic heterocycles. The van der Waals surface area contributed by atoms with Crippen molar-refractivity contribution in [2.45, 2.75) is 26.4 Å². The molecule has 1 spiro atoms. The zero-order valence-electron chi connectivity index (χ0n) is 24.6. The van der Waals surface area contributed by atoms with Crippen molar-refractivity contribution in [3.05, 3.63) is 48.7 Å². The number of nitrogens with zero attached hydrogens (tertiary/aromatic N) is 6. The van der Waals surface area contributed by atoms with E-state index in [9.17, 15) is 9.18 Å². The Balaban J connectivity index is 1.19. The van der Waals surface area contributed by atoms with Gasteiger partial charge in [0.05, 0.1) is 31.8 Å². The summed E-state index contributed by atoms with van der Waals surface area (Å²) in [6.45, 7) is 8.49. The van der Waals surface area contributed by atoms with E-state index in [4.69, 9.17) is 14.2 Å². The predicted molar refractivity (Wildman–Crippen MR) is 157 cm³/mol. The molecule has 0 radical (unpaired) electrons. The summed E-state index contributed by atoms with van der Waals surface area (Å²) in [5.41, 5.74) is 2.46. The first-order chi connectivity index (χ1) is 20.0. The number of amides is 1. The topological polar surface area (TPSA) is 107 Å². The number of hydrogen-bond donors (Lipinski definition) is 1. The molecular weight excluding hydrogens is 541 g/mol. The molecule has 42 heavy (non-hydrogen) atoms. The molecule has 2 aliphatic heterocycles. The first-order valence-corrected chi connectivity index (χ1v) is 13.7. The van der Waals surface area contributed by atoms with Gasteiger partial charge in [-0.05, 0) is 32.9 Å². The summed E-state index contributed by atoms with van der Waals surface area (Å²) in [6, 6.07) is 7.49. The fraction of sp³-hybridized carbons (Fsp3) is 0.400. The molecule has 12 heteroatoms. The number of halogens is 1. The first-order valence-electron chi connectivity index (χ1n) is 13.7. The van der Waals surface area contributed by atoms with E-state index in [1.165, 1.54) is 0 Å². The molecule has 1 aromatic carbocycles. The van der Waals surface area contributed by atoms with Crippen LogP contribution in [-0.2, 0) is 11.8 Å². The number of rotatable bonds is 6. The van der Waals surface area contributed by atoms with Gasteiger partial charge in [-0.1, -0.05) is 0 Å². The van der Waals surface area contributed by atoms with Crippen molar-refractivity contribution in [3.63, 3.8) is 0 Å². The Kier molecular flexibility index (Phi) is 6.58. The van der Waals surface area contributed by atoms with Gasteiger partial charge in [0.15, 0.2) is 5.82 Å². The molecule has 0 saturated carbocycles.